The minimum absolute atomic E-state index is 0.0175. The molecule has 3 N–H and O–H groups in total. The largest absolute Gasteiger partial charge is 0.409 e. The van der Waals surface area contributed by atoms with Crippen LogP contribution < -0.4 is 10.6 Å². The highest BCUT2D eigenvalue weighted by atomic mass is 16.4. The second kappa shape index (κ2) is 4.99. The average molecular weight is 235 g/mol. The minimum Gasteiger partial charge on any atom is -0.409 e. The highest BCUT2D eigenvalue weighted by Gasteiger charge is 2.17. The van der Waals surface area contributed by atoms with Crippen LogP contribution in [0.3, 0.4) is 0 Å². The van der Waals surface area contributed by atoms with E-state index >= 15 is 0 Å². The van der Waals surface area contributed by atoms with Crippen LogP contribution in [-0.2, 0) is 0 Å². The summed E-state index contributed by atoms with van der Waals surface area (Å²) in [5.41, 5.74) is 5.82. The smallest absolute Gasteiger partial charge is 0.190 e. The van der Waals surface area contributed by atoms with Gasteiger partial charge in [-0.25, -0.2) is 9.97 Å². The van der Waals surface area contributed by atoms with Crippen molar-refractivity contribution in [2.75, 3.05) is 18.0 Å². The lowest BCUT2D eigenvalue weighted by molar-refractivity contribution is 0.318. The molecule has 6 nitrogen and oxygen atoms in total. The monoisotopic (exact) mass is 235 g/mol. The van der Waals surface area contributed by atoms with E-state index in [-0.39, 0.29) is 5.84 Å². The molecule has 0 aromatic carbocycles. The van der Waals surface area contributed by atoms with Crippen LogP contribution in [0.1, 0.15) is 25.5 Å². The van der Waals surface area contributed by atoms with Crippen molar-refractivity contribution in [3.05, 3.63) is 18.1 Å². The zero-order valence-corrected chi connectivity index (χ0v) is 9.87. The molecule has 17 heavy (non-hydrogen) atoms. The second-order valence-corrected chi connectivity index (χ2v) is 4.44. The number of rotatable bonds is 2. The second-order valence-electron chi connectivity index (χ2n) is 4.44. The Balaban J connectivity index is 2.12. The zero-order valence-electron chi connectivity index (χ0n) is 9.87. The van der Waals surface area contributed by atoms with E-state index in [1.54, 1.807) is 6.20 Å². The van der Waals surface area contributed by atoms with Crippen molar-refractivity contribution in [1.82, 2.24) is 9.97 Å². The molecule has 0 spiro atoms. The van der Waals surface area contributed by atoms with Crippen LogP contribution in [0.15, 0.2) is 17.5 Å². The van der Waals surface area contributed by atoms with E-state index in [4.69, 9.17) is 10.9 Å². The van der Waals surface area contributed by atoms with Crippen molar-refractivity contribution in [3.8, 4) is 0 Å². The van der Waals surface area contributed by atoms with E-state index in [0.29, 0.717) is 11.6 Å². The molecule has 2 heterocycles. The summed E-state index contributed by atoms with van der Waals surface area (Å²) in [5, 5.41) is 11.4. The molecule has 0 bridgehead atoms. The van der Waals surface area contributed by atoms with Gasteiger partial charge in [-0.1, -0.05) is 12.1 Å². The van der Waals surface area contributed by atoms with Gasteiger partial charge < -0.3 is 15.8 Å². The standard InChI is InChI=1S/C11H17N5O/c1-8-3-2-4-16(7-8)10-6-13-9(5-14-10)11(12)15-17/h5-6,8,17H,2-4,7H2,1H3,(H2,12,15). The van der Waals surface area contributed by atoms with Crippen molar-refractivity contribution >= 4 is 11.7 Å². The third kappa shape index (κ3) is 2.64. The molecule has 1 unspecified atom stereocenters. The van der Waals surface area contributed by atoms with Gasteiger partial charge in [-0.15, -0.1) is 0 Å². The van der Waals surface area contributed by atoms with Crippen LogP contribution in [0.4, 0.5) is 5.82 Å². The molecule has 0 radical (unpaired) electrons. The summed E-state index contributed by atoms with van der Waals surface area (Å²) >= 11 is 0. The normalized spacial score (nSPS) is 21.6. The molecular formula is C11H17N5O. The maximum absolute atomic E-state index is 8.53. The van der Waals surface area contributed by atoms with Crippen LogP contribution in [0.25, 0.3) is 0 Å². The van der Waals surface area contributed by atoms with Crippen LogP contribution in [0.2, 0.25) is 0 Å². The van der Waals surface area contributed by atoms with Crippen molar-refractivity contribution < 1.29 is 5.21 Å². The van der Waals surface area contributed by atoms with E-state index < -0.39 is 0 Å². The summed E-state index contributed by atoms with van der Waals surface area (Å²) in [7, 11) is 0. The molecule has 1 atom stereocenters. The Morgan fingerprint density at radius 2 is 2.35 bits per heavy atom. The molecule has 92 valence electrons. The van der Waals surface area contributed by atoms with E-state index in [9.17, 15) is 0 Å². The summed E-state index contributed by atoms with van der Waals surface area (Å²) in [4.78, 5) is 10.6. The Morgan fingerprint density at radius 1 is 1.53 bits per heavy atom. The zero-order chi connectivity index (χ0) is 12.3. The lowest BCUT2D eigenvalue weighted by atomic mass is 10.0. The molecule has 1 saturated heterocycles. The number of amidine groups is 1. The maximum Gasteiger partial charge on any atom is 0.190 e. The van der Waals surface area contributed by atoms with Crippen molar-refractivity contribution in [3.63, 3.8) is 0 Å². The van der Waals surface area contributed by atoms with Crippen molar-refractivity contribution in [1.29, 1.82) is 0 Å². The fourth-order valence-electron chi connectivity index (χ4n) is 2.07. The van der Waals surface area contributed by atoms with Gasteiger partial charge in [-0.05, 0) is 18.8 Å². The van der Waals surface area contributed by atoms with Gasteiger partial charge >= 0.3 is 0 Å². The van der Waals surface area contributed by atoms with Crippen LogP contribution in [-0.4, -0.2) is 34.1 Å². The Bertz CT molecular complexity index is 403. The number of aromatic nitrogens is 2. The molecule has 2 rings (SSSR count). The van der Waals surface area contributed by atoms with Crippen molar-refractivity contribution in [2.45, 2.75) is 19.8 Å². The fraction of sp³-hybridized carbons (Fsp3) is 0.545. The van der Waals surface area contributed by atoms with Gasteiger partial charge in [0, 0.05) is 13.1 Å². The first-order chi connectivity index (χ1) is 8.20. The average Bonchev–Trinajstić information content (AvgIpc) is 2.38. The number of hydrogen-bond donors (Lipinski definition) is 2. The van der Waals surface area contributed by atoms with Gasteiger partial charge in [0.1, 0.15) is 11.5 Å². The first-order valence-electron chi connectivity index (χ1n) is 5.75. The third-order valence-corrected chi connectivity index (χ3v) is 2.99. The highest BCUT2D eigenvalue weighted by molar-refractivity contribution is 5.94. The molecule has 1 aromatic rings. The van der Waals surface area contributed by atoms with Crippen molar-refractivity contribution in [2.24, 2.45) is 16.8 Å². The Morgan fingerprint density at radius 3 is 2.94 bits per heavy atom. The van der Waals surface area contributed by atoms with E-state index in [2.05, 4.69) is 26.9 Å². The topological polar surface area (TPSA) is 87.6 Å². The quantitative estimate of drug-likeness (QED) is 0.343. The Hall–Kier alpha value is -1.85. The molecule has 1 aliphatic heterocycles. The highest BCUT2D eigenvalue weighted by Crippen LogP contribution is 2.20. The van der Waals surface area contributed by atoms with E-state index in [1.807, 2.05) is 0 Å². The van der Waals surface area contributed by atoms with Crippen LogP contribution >= 0.6 is 0 Å². The van der Waals surface area contributed by atoms with Gasteiger partial charge in [0.15, 0.2) is 5.84 Å². The first kappa shape index (κ1) is 11.6. The predicted octanol–water partition coefficient (Wildman–Crippen LogP) is 0.807. The minimum atomic E-state index is -0.0175. The SMILES string of the molecule is CC1CCCN(c2cnc(C(N)=NO)cn2)C1. The molecule has 0 saturated carbocycles. The van der Waals surface area contributed by atoms with E-state index in [1.165, 1.54) is 19.0 Å². The molecule has 1 aliphatic rings. The van der Waals surface area contributed by atoms with Crippen LogP contribution in [0, 0.1) is 5.92 Å². The number of oxime groups is 1. The molecular weight excluding hydrogens is 218 g/mol. The number of nitrogens with two attached hydrogens (primary N) is 1. The number of anilines is 1. The third-order valence-electron chi connectivity index (χ3n) is 2.99. The maximum atomic E-state index is 8.53. The lowest BCUT2D eigenvalue weighted by Crippen LogP contribution is -2.35. The number of piperidine rings is 1. The lowest BCUT2D eigenvalue weighted by Gasteiger charge is -2.31. The van der Waals surface area contributed by atoms with Gasteiger partial charge in [-0.3, -0.25) is 0 Å². The molecule has 0 amide bonds. The molecule has 6 heteroatoms. The van der Waals surface area contributed by atoms with Gasteiger partial charge in [0.25, 0.3) is 0 Å². The Kier molecular flexibility index (Phi) is 3.41. The van der Waals surface area contributed by atoms with Gasteiger partial charge in [-0.2, -0.15) is 0 Å². The van der Waals surface area contributed by atoms with Gasteiger partial charge in [0.2, 0.25) is 0 Å². The van der Waals surface area contributed by atoms with E-state index in [0.717, 1.165) is 18.9 Å². The molecule has 0 aliphatic carbocycles. The Labute approximate surface area is 100 Å². The fourth-order valence-corrected chi connectivity index (χ4v) is 2.07. The van der Waals surface area contributed by atoms with Crippen LogP contribution in [0.5, 0.6) is 0 Å². The van der Waals surface area contributed by atoms with Gasteiger partial charge in [0.05, 0.1) is 12.4 Å². The summed E-state index contributed by atoms with van der Waals surface area (Å²) < 4.78 is 0. The first-order valence-corrected chi connectivity index (χ1v) is 5.75. The summed E-state index contributed by atoms with van der Waals surface area (Å²) in [6, 6.07) is 0. The molecule has 1 fully saturated rings. The predicted molar refractivity (Wildman–Crippen MR) is 65.2 cm³/mol. The summed E-state index contributed by atoms with van der Waals surface area (Å²) in [6.45, 7) is 4.27. The number of hydrogen-bond acceptors (Lipinski definition) is 5. The molecule has 1 aromatic heterocycles. The number of nitrogens with zero attached hydrogens (tertiary/aromatic N) is 4. The summed E-state index contributed by atoms with van der Waals surface area (Å²) in [5.74, 6) is 1.52. The summed E-state index contributed by atoms with van der Waals surface area (Å²) in [6.07, 6.45) is 5.66.